The molecule has 0 amide bonds. The number of nitrogens with two attached hydrogens (primary N) is 1. The van der Waals surface area contributed by atoms with Crippen LogP contribution in [-0.2, 0) is 12.7 Å². The van der Waals surface area contributed by atoms with Crippen LogP contribution in [0.25, 0.3) is 0 Å². The van der Waals surface area contributed by atoms with Crippen LogP contribution in [0.1, 0.15) is 11.4 Å². The van der Waals surface area contributed by atoms with E-state index >= 15 is 0 Å². The van der Waals surface area contributed by atoms with Crippen molar-refractivity contribution in [3.63, 3.8) is 0 Å². The van der Waals surface area contributed by atoms with E-state index in [1.165, 1.54) is 24.3 Å². The third-order valence-corrected chi connectivity index (χ3v) is 2.36. The highest BCUT2D eigenvalue weighted by molar-refractivity contribution is 5.45. The number of rotatable bonds is 3. The minimum atomic E-state index is -4.68. The van der Waals surface area contributed by atoms with Crippen LogP contribution in [0.15, 0.2) is 30.3 Å². The maximum atomic E-state index is 13.0. The predicted molar refractivity (Wildman–Crippen MR) is 65.2 cm³/mol. The molecule has 0 fully saturated rings. The van der Waals surface area contributed by atoms with Gasteiger partial charge in [-0.2, -0.15) is 13.2 Å². The molecule has 0 saturated heterocycles. The average molecular weight is 286 g/mol. The van der Waals surface area contributed by atoms with Crippen LogP contribution in [0, 0.1) is 5.82 Å². The van der Waals surface area contributed by atoms with E-state index in [9.17, 15) is 17.6 Å². The zero-order valence-corrected chi connectivity index (χ0v) is 10.1. The zero-order chi connectivity index (χ0) is 14.8. The van der Waals surface area contributed by atoms with Gasteiger partial charge in [0.15, 0.2) is 0 Å². The second-order valence-corrected chi connectivity index (χ2v) is 3.98. The van der Waals surface area contributed by atoms with Gasteiger partial charge in [-0.1, -0.05) is 12.1 Å². The summed E-state index contributed by atoms with van der Waals surface area (Å²) < 4.78 is 50.5. The number of aromatic nitrogens is 2. The van der Waals surface area contributed by atoms with Gasteiger partial charge in [0.05, 0.1) is 0 Å². The van der Waals surface area contributed by atoms with Gasteiger partial charge in [-0.15, -0.1) is 0 Å². The van der Waals surface area contributed by atoms with Crippen LogP contribution in [0.3, 0.4) is 0 Å². The van der Waals surface area contributed by atoms with Gasteiger partial charge in [0, 0.05) is 12.6 Å². The van der Waals surface area contributed by atoms with E-state index in [0.29, 0.717) is 5.56 Å². The Bertz CT molecular complexity index is 613. The molecule has 1 aromatic carbocycles. The lowest BCUT2D eigenvalue weighted by atomic mass is 10.2. The summed E-state index contributed by atoms with van der Waals surface area (Å²) in [6.07, 6.45) is -4.68. The summed E-state index contributed by atoms with van der Waals surface area (Å²) in [5, 5.41) is 2.64. The van der Waals surface area contributed by atoms with Crippen LogP contribution in [0.4, 0.5) is 29.2 Å². The molecule has 1 aromatic heterocycles. The number of halogens is 4. The number of nitrogens with one attached hydrogen (secondary N) is 1. The van der Waals surface area contributed by atoms with Gasteiger partial charge < -0.3 is 11.1 Å². The van der Waals surface area contributed by atoms with Crippen molar-refractivity contribution in [1.82, 2.24) is 9.97 Å². The van der Waals surface area contributed by atoms with E-state index in [1.54, 1.807) is 6.07 Å². The summed E-state index contributed by atoms with van der Waals surface area (Å²) in [6, 6.07) is 6.85. The van der Waals surface area contributed by atoms with Crippen LogP contribution in [0.5, 0.6) is 0 Å². The standard InChI is InChI=1S/C12H10F4N4/c13-8-3-1-2-7(4-8)6-18-10-5-9(17)19-11(20-10)12(14,15)16/h1-5H,6H2,(H3,17,18,19,20). The van der Waals surface area contributed by atoms with Crippen molar-refractivity contribution in [3.05, 3.63) is 47.5 Å². The van der Waals surface area contributed by atoms with Crippen molar-refractivity contribution in [1.29, 1.82) is 0 Å². The SMILES string of the molecule is Nc1cc(NCc2cccc(F)c2)nc(C(F)(F)F)n1. The monoisotopic (exact) mass is 286 g/mol. The first-order chi connectivity index (χ1) is 9.34. The van der Waals surface area contributed by atoms with Crippen LogP contribution in [0.2, 0.25) is 0 Å². The lowest BCUT2D eigenvalue weighted by Crippen LogP contribution is -2.14. The Labute approximate surface area is 111 Å². The summed E-state index contributed by atoms with van der Waals surface area (Å²) in [4.78, 5) is 6.44. The lowest BCUT2D eigenvalue weighted by molar-refractivity contribution is -0.144. The van der Waals surface area contributed by atoms with Crippen molar-refractivity contribution < 1.29 is 17.6 Å². The van der Waals surface area contributed by atoms with Gasteiger partial charge in [0.25, 0.3) is 0 Å². The largest absolute Gasteiger partial charge is 0.451 e. The van der Waals surface area contributed by atoms with Crippen LogP contribution in [-0.4, -0.2) is 9.97 Å². The Morgan fingerprint density at radius 2 is 1.90 bits per heavy atom. The van der Waals surface area contributed by atoms with Crippen molar-refractivity contribution in [3.8, 4) is 0 Å². The highest BCUT2D eigenvalue weighted by Gasteiger charge is 2.35. The Morgan fingerprint density at radius 1 is 1.15 bits per heavy atom. The topological polar surface area (TPSA) is 63.8 Å². The van der Waals surface area contributed by atoms with Crippen LogP contribution >= 0.6 is 0 Å². The first-order valence-electron chi connectivity index (χ1n) is 5.54. The summed E-state index contributed by atoms with van der Waals surface area (Å²) in [5.74, 6) is -2.12. The molecule has 0 spiro atoms. The maximum absolute atomic E-state index is 13.0. The van der Waals surface area contributed by atoms with E-state index in [-0.39, 0.29) is 18.2 Å². The number of alkyl halides is 3. The third-order valence-electron chi connectivity index (χ3n) is 2.36. The number of anilines is 2. The molecule has 20 heavy (non-hydrogen) atoms. The molecular formula is C12H10F4N4. The van der Waals surface area contributed by atoms with E-state index in [2.05, 4.69) is 15.3 Å². The van der Waals surface area contributed by atoms with E-state index in [0.717, 1.165) is 0 Å². The fraction of sp³-hybridized carbons (Fsp3) is 0.167. The molecule has 3 N–H and O–H groups in total. The Morgan fingerprint density at radius 3 is 2.55 bits per heavy atom. The number of benzene rings is 1. The first-order valence-corrected chi connectivity index (χ1v) is 5.54. The van der Waals surface area contributed by atoms with Gasteiger partial charge in [-0.3, -0.25) is 0 Å². The number of nitrogen functional groups attached to an aromatic ring is 1. The Kier molecular flexibility index (Phi) is 3.73. The molecular weight excluding hydrogens is 276 g/mol. The smallest absolute Gasteiger partial charge is 0.384 e. The molecule has 2 aromatic rings. The highest BCUT2D eigenvalue weighted by atomic mass is 19.4. The second-order valence-electron chi connectivity index (χ2n) is 3.98. The van der Waals surface area contributed by atoms with Crippen molar-refractivity contribution >= 4 is 11.6 Å². The van der Waals surface area contributed by atoms with E-state index in [1.807, 2.05) is 0 Å². The summed E-state index contributed by atoms with van der Waals surface area (Å²) in [5.41, 5.74) is 5.86. The fourth-order valence-electron chi connectivity index (χ4n) is 1.52. The molecule has 106 valence electrons. The van der Waals surface area contributed by atoms with Crippen molar-refractivity contribution in [2.24, 2.45) is 0 Å². The molecule has 4 nitrogen and oxygen atoms in total. The molecule has 0 unspecified atom stereocenters. The second kappa shape index (κ2) is 5.32. The lowest BCUT2D eigenvalue weighted by Gasteiger charge is -2.10. The third kappa shape index (κ3) is 3.56. The van der Waals surface area contributed by atoms with Gasteiger partial charge in [-0.25, -0.2) is 14.4 Å². The maximum Gasteiger partial charge on any atom is 0.451 e. The van der Waals surface area contributed by atoms with Crippen LogP contribution < -0.4 is 11.1 Å². The minimum Gasteiger partial charge on any atom is -0.384 e. The van der Waals surface area contributed by atoms with Crippen molar-refractivity contribution in [2.75, 3.05) is 11.1 Å². The van der Waals surface area contributed by atoms with E-state index < -0.39 is 17.8 Å². The quantitative estimate of drug-likeness (QED) is 0.852. The highest BCUT2D eigenvalue weighted by Crippen LogP contribution is 2.27. The van der Waals surface area contributed by atoms with Crippen molar-refractivity contribution in [2.45, 2.75) is 12.7 Å². The molecule has 0 aliphatic rings. The fourth-order valence-corrected chi connectivity index (χ4v) is 1.52. The molecule has 1 heterocycles. The molecule has 0 aliphatic carbocycles. The van der Waals surface area contributed by atoms with Gasteiger partial charge in [0.1, 0.15) is 17.5 Å². The number of nitrogens with zero attached hydrogens (tertiary/aromatic N) is 2. The van der Waals surface area contributed by atoms with Gasteiger partial charge >= 0.3 is 6.18 Å². The average Bonchev–Trinajstić information content (AvgIpc) is 2.35. The van der Waals surface area contributed by atoms with E-state index in [4.69, 9.17) is 5.73 Å². The normalized spacial score (nSPS) is 11.4. The molecule has 0 atom stereocenters. The zero-order valence-electron chi connectivity index (χ0n) is 10.1. The molecule has 8 heteroatoms. The number of hydrogen-bond acceptors (Lipinski definition) is 4. The Hall–Kier alpha value is -2.38. The summed E-state index contributed by atoms with van der Waals surface area (Å²) in [7, 11) is 0. The minimum absolute atomic E-state index is 0.0749. The Balaban J connectivity index is 2.16. The summed E-state index contributed by atoms with van der Waals surface area (Å²) >= 11 is 0. The van der Waals surface area contributed by atoms with Gasteiger partial charge in [0.2, 0.25) is 5.82 Å². The number of hydrogen-bond donors (Lipinski definition) is 2. The first kappa shape index (κ1) is 14.0. The molecule has 0 radical (unpaired) electrons. The predicted octanol–water partition coefficient (Wildman–Crippen LogP) is 2.83. The molecule has 0 saturated carbocycles. The molecule has 0 aliphatic heterocycles. The van der Waals surface area contributed by atoms with Gasteiger partial charge in [-0.05, 0) is 17.7 Å². The molecule has 0 bridgehead atoms. The summed E-state index contributed by atoms with van der Waals surface area (Å²) in [6.45, 7) is 0.117. The molecule has 2 rings (SSSR count).